The number of anilines is 1. The largest absolute Gasteiger partial charge is 0.348 e. The maximum atomic E-state index is 13.6. The maximum absolute atomic E-state index is 13.6. The molecule has 164 valence electrons. The fourth-order valence-electron chi connectivity index (χ4n) is 4.53. The number of hydrazone groups is 1. The van der Waals surface area contributed by atoms with E-state index in [4.69, 9.17) is 28.3 Å². The van der Waals surface area contributed by atoms with Gasteiger partial charge in [-0.1, -0.05) is 67.9 Å². The molecule has 2 aromatic carbocycles. The fourth-order valence-corrected chi connectivity index (χ4v) is 5.02. The first-order chi connectivity index (χ1) is 14.9. The molecule has 1 heterocycles. The second-order valence-electron chi connectivity index (χ2n) is 8.37. The third kappa shape index (κ3) is 4.88. The van der Waals surface area contributed by atoms with Crippen molar-refractivity contribution in [1.82, 2.24) is 5.32 Å². The summed E-state index contributed by atoms with van der Waals surface area (Å²) in [4.78, 5) is 13.2. The molecule has 0 aromatic heterocycles. The Bertz CT molecular complexity index is 971. The molecule has 2 aliphatic rings. The van der Waals surface area contributed by atoms with Gasteiger partial charge in [0.1, 0.15) is 11.5 Å². The summed E-state index contributed by atoms with van der Waals surface area (Å²) < 4.78 is 13.6. The van der Waals surface area contributed by atoms with Crippen molar-refractivity contribution in [3.05, 3.63) is 63.9 Å². The van der Waals surface area contributed by atoms with Gasteiger partial charge in [-0.2, -0.15) is 5.10 Å². The number of nitrogens with zero attached hydrogens (tertiary/aromatic N) is 2. The normalized spacial score (nSPS) is 22.2. The van der Waals surface area contributed by atoms with Gasteiger partial charge in [0.2, 0.25) is 0 Å². The van der Waals surface area contributed by atoms with Crippen LogP contribution in [0.1, 0.15) is 57.1 Å². The minimum atomic E-state index is -0.308. The van der Waals surface area contributed by atoms with Crippen molar-refractivity contribution >= 4 is 40.5 Å². The fraction of sp³-hybridized carbons (Fsp3) is 0.417. The van der Waals surface area contributed by atoms with Gasteiger partial charge in [0.15, 0.2) is 0 Å². The standard InChI is InChI=1S/C24H26Cl2FN3O/c1-15-22(24(31)28-19-6-4-2-3-5-7-19)29-30(21-13-10-17(25)14-20(21)26)23(15)16-8-11-18(27)12-9-16/h8-15,19,23H,2-7H2,1H3,(H,28,31)/t15-,23+/m0/s1. The Balaban J connectivity index is 1.66. The molecule has 1 fully saturated rings. The molecule has 1 N–H and O–H groups in total. The lowest BCUT2D eigenvalue weighted by molar-refractivity contribution is -0.115. The number of nitrogens with one attached hydrogen (secondary N) is 1. The van der Waals surface area contributed by atoms with Gasteiger partial charge in [-0.05, 0) is 48.7 Å². The molecule has 0 bridgehead atoms. The Kier molecular flexibility index (Phi) is 6.83. The van der Waals surface area contributed by atoms with Gasteiger partial charge < -0.3 is 5.32 Å². The van der Waals surface area contributed by atoms with Crippen LogP contribution in [0.15, 0.2) is 47.6 Å². The summed E-state index contributed by atoms with van der Waals surface area (Å²) in [5, 5.41) is 10.6. The molecule has 0 unspecified atom stereocenters. The number of halogens is 3. The zero-order chi connectivity index (χ0) is 22.0. The van der Waals surface area contributed by atoms with E-state index >= 15 is 0 Å². The highest BCUT2D eigenvalue weighted by Crippen LogP contribution is 2.42. The van der Waals surface area contributed by atoms with Gasteiger partial charge in [0.25, 0.3) is 5.91 Å². The maximum Gasteiger partial charge on any atom is 0.268 e. The Morgan fingerprint density at radius 3 is 2.39 bits per heavy atom. The topological polar surface area (TPSA) is 44.7 Å². The van der Waals surface area contributed by atoms with E-state index in [9.17, 15) is 9.18 Å². The summed E-state index contributed by atoms with van der Waals surface area (Å²) >= 11 is 12.6. The third-order valence-electron chi connectivity index (χ3n) is 6.17. The van der Waals surface area contributed by atoms with Crippen LogP contribution in [0.25, 0.3) is 0 Å². The zero-order valence-electron chi connectivity index (χ0n) is 17.5. The van der Waals surface area contributed by atoms with Gasteiger partial charge in [-0.15, -0.1) is 0 Å². The smallest absolute Gasteiger partial charge is 0.268 e. The van der Waals surface area contributed by atoms with Crippen molar-refractivity contribution < 1.29 is 9.18 Å². The molecule has 4 nitrogen and oxygen atoms in total. The molecular formula is C24H26Cl2FN3O. The predicted octanol–water partition coefficient (Wildman–Crippen LogP) is 6.52. The number of carbonyl (C=O) groups excluding carboxylic acids is 1. The number of hydrogen-bond acceptors (Lipinski definition) is 3. The van der Waals surface area contributed by atoms with Crippen LogP contribution in [0.2, 0.25) is 10.0 Å². The van der Waals surface area contributed by atoms with Crippen LogP contribution in [0.4, 0.5) is 10.1 Å². The molecule has 0 spiro atoms. The second-order valence-corrected chi connectivity index (χ2v) is 9.22. The minimum Gasteiger partial charge on any atom is -0.348 e. The number of carbonyl (C=O) groups is 1. The molecule has 7 heteroatoms. The minimum absolute atomic E-state index is 0.140. The Morgan fingerprint density at radius 2 is 1.74 bits per heavy atom. The van der Waals surface area contributed by atoms with E-state index in [0.717, 1.165) is 31.2 Å². The summed E-state index contributed by atoms with van der Waals surface area (Å²) in [5.41, 5.74) is 1.98. The van der Waals surface area contributed by atoms with E-state index in [0.29, 0.717) is 21.4 Å². The van der Waals surface area contributed by atoms with Crippen LogP contribution in [-0.4, -0.2) is 17.7 Å². The van der Waals surface area contributed by atoms with Gasteiger partial charge in [0.05, 0.1) is 16.8 Å². The molecule has 0 radical (unpaired) electrons. The molecular weight excluding hydrogens is 436 g/mol. The van der Waals surface area contributed by atoms with E-state index in [2.05, 4.69) is 5.32 Å². The number of rotatable bonds is 4. The van der Waals surface area contributed by atoms with E-state index in [1.54, 1.807) is 35.3 Å². The average Bonchev–Trinajstić information content (AvgIpc) is 2.89. The summed E-state index contributed by atoms with van der Waals surface area (Å²) in [5.74, 6) is -0.653. The Labute approximate surface area is 192 Å². The monoisotopic (exact) mass is 461 g/mol. The van der Waals surface area contributed by atoms with Gasteiger partial charge in [-0.3, -0.25) is 9.80 Å². The molecule has 31 heavy (non-hydrogen) atoms. The van der Waals surface area contributed by atoms with Crippen molar-refractivity contribution in [3.63, 3.8) is 0 Å². The van der Waals surface area contributed by atoms with Crippen LogP contribution >= 0.6 is 23.2 Å². The second kappa shape index (κ2) is 9.58. The lowest BCUT2D eigenvalue weighted by Gasteiger charge is -2.27. The Hall–Kier alpha value is -2.11. The molecule has 1 aliphatic heterocycles. The SMILES string of the molecule is C[C@H]1C(C(=O)NC2CCCCCC2)=NN(c2ccc(Cl)cc2Cl)[C@H]1c1ccc(F)cc1. The van der Waals surface area contributed by atoms with E-state index in [1.807, 2.05) is 6.92 Å². The molecule has 1 saturated carbocycles. The van der Waals surface area contributed by atoms with Crippen molar-refractivity contribution in [1.29, 1.82) is 0 Å². The van der Waals surface area contributed by atoms with E-state index in [-0.39, 0.29) is 29.7 Å². The van der Waals surface area contributed by atoms with E-state index in [1.165, 1.54) is 25.0 Å². The zero-order valence-corrected chi connectivity index (χ0v) is 19.0. The third-order valence-corrected chi connectivity index (χ3v) is 6.71. The first kappa shape index (κ1) is 22.1. The van der Waals surface area contributed by atoms with Crippen molar-refractivity contribution in [2.75, 3.05) is 5.01 Å². The molecule has 2 aromatic rings. The first-order valence-electron chi connectivity index (χ1n) is 10.8. The first-order valence-corrected chi connectivity index (χ1v) is 11.6. The molecule has 1 aliphatic carbocycles. The van der Waals surface area contributed by atoms with Crippen molar-refractivity contribution in [2.45, 2.75) is 57.5 Å². The van der Waals surface area contributed by atoms with Crippen LogP contribution < -0.4 is 10.3 Å². The highest BCUT2D eigenvalue weighted by molar-refractivity contribution is 6.41. The predicted molar refractivity (Wildman–Crippen MR) is 124 cm³/mol. The molecule has 4 rings (SSSR count). The van der Waals surface area contributed by atoms with Crippen LogP contribution in [0.3, 0.4) is 0 Å². The van der Waals surface area contributed by atoms with Crippen molar-refractivity contribution in [3.8, 4) is 0 Å². The van der Waals surface area contributed by atoms with Crippen LogP contribution in [0, 0.1) is 11.7 Å². The number of benzene rings is 2. The summed E-state index contributed by atoms with van der Waals surface area (Å²) in [7, 11) is 0. The van der Waals surface area contributed by atoms with Gasteiger partial charge in [-0.25, -0.2) is 4.39 Å². The van der Waals surface area contributed by atoms with E-state index < -0.39 is 0 Å². The highest BCUT2D eigenvalue weighted by Gasteiger charge is 2.40. The van der Waals surface area contributed by atoms with Gasteiger partial charge in [0, 0.05) is 17.0 Å². The average molecular weight is 462 g/mol. The number of hydrogen-bond donors (Lipinski definition) is 1. The summed E-state index contributed by atoms with van der Waals surface area (Å²) in [6.07, 6.45) is 6.72. The van der Waals surface area contributed by atoms with Crippen LogP contribution in [0.5, 0.6) is 0 Å². The number of amides is 1. The molecule has 2 atom stereocenters. The van der Waals surface area contributed by atoms with Crippen molar-refractivity contribution in [2.24, 2.45) is 11.0 Å². The lowest BCUT2D eigenvalue weighted by Crippen LogP contribution is -2.40. The lowest BCUT2D eigenvalue weighted by atomic mass is 9.90. The molecule has 0 saturated heterocycles. The van der Waals surface area contributed by atoms with Crippen LogP contribution in [-0.2, 0) is 4.79 Å². The summed E-state index contributed by atoms with van der Waals surface area (Å²) in [6, 6.07) is 11.4. The highest BCUT2D eigenvalue weighted by atomic mass is 35.5. The summed E-state index contributed by atoms with van der Waals surface area (Å²) in [6.45, 7) is 1.98. The quantitative estimate of drug-likeness (QED) is 0.526. The van der Waals surface area contributed by atoms with Gasteiger partial charge >= 0.3 is 0 Å². The Morgan fingerprint density at radius 1 is 1.06 bits per heavy atom. The molecule has 1 amide bonds.